The predicted molar refractivity (Wildman–Crippen MR) is 122 cm³/mol. The van der Waals surface area contributed by atoms with Gasteiger partial charge in [-0.25, -0.2) is 0 Å². The highest BCUT2D eigenvalue weighted by Gasteiger charge is 2.15. The van der Waals surface area contributed by atoms with Crippen LogP contribution in [0.2, 0.25) is 5.02 Å². The van der Waals surface area contributed by atoms with E-state index >= 15 is 0 Å². The van der Waals surface area contributed by atoms with Gasteiger partial charge in [0.15, 0.2) is 0 Å². The highest BCUT2D eigenvalue weighted by molar-refractivity contribution is 6.30. The van der Waals surface area contributed by atoms with Gasteiger partial charge in [0.25, 0.3) is 0 Å². The topological polar surface area (TPSA) is 29.1 Å². The lowest BCUT2D eigenvalue weighted by molar-refractivity contribution is -0.903. The van der Waals surface area contributed by atoms with Gasteiger partial charge < -0.3 is 22.2 Å². The number of quaternary nitrogens is 1. The minimum Gasteiger partial charge on any atom is -1.00 e. The molecular weight excluding hydrogens is 403 g/mol. The van der Waals surface area contributed by atoms with Crippen LogP contribution in [0, 0.1) is 0 Å². The van der Waals surface area contributed by atoms with E-state index in [1.807, 2.05) is 12.1 Å². The Hall–Kier alpha value is -0.770. The quantitative estimate of drug-likeness (QED) is 0.307. The fourth-order valence-corrected chi connectivity index (χ4v) is 3.71. The Labute approximate surface area is 190 Å². The summed E-state index contributed by atoms with van der Waals surface area (Å²) in [7, 11) is 4.47. The minimum atomic E-state index is 0. The molecule has 0 aliphatic rings. The highest BCUT2D eigenvalue weighted by atomic mass is 35.5. The molecule has 0 atom stereocenters. The summed E-state index contributed by atoms with van der Waals surface area (Å²) in [5, 5.41) is 3.87. The number of rotatable bonds is 16. The molecule has 0 radical (unpaired) electrons. The van der Waals surface area contributed by atoms with Crippen molar-refractivity contribution in [3.8, 4) is 0 Å². The van der Waals surface area contributed by atoms with Gasteiger partial charge in [0.05, 0.1) is 20.6 Å². The number of carbonyl (C=O) groups excluding carboxylic acids is 1. The van der Waals surface area contributed by atoms with Gasteiger partial charge in [0.1, 0.15) is 6.54 Å². The van der Waals surface area contributed by atoms with Gasteiger partial charge in [0.2, 0.25) is 5.91 Å². The van der Waals surface area contributed by atoms with Crippen molar-refractivity contribution in [1.82, 2.24) is 5.32 Å². The van der Waals surface area contributed by atoms with Gasteiger partial charge in [-0.1, -0.05) is 82.0 Å². The van der Waals surface area contributed by atoms with Crippen LogP contribution in [0.5, 0.6) is 0 Å². The predicted octanol–water partition coefficient (Wildman–Crippen LogP) is 3.35. The third kappa shape index (κ3) is 15.7. The number of nitrogens with zero attached hydrogens (tertiary/aromatic N) is 1. The number of hydrogen-bond donors (Lipinski definition) is 1. The van der Waals surface area contributed by atoms with Gasteiger partial charge in [0, 0.05) is 30.0 Å². The second-order valence-electron chi connectivity index (χ2n) is 8.73. The van der Waals surface area contributed by atoms with Crippen LogP contribution in [0.3, 0.4) is 0 Å². The fraction of sp³-hybridized carbons (Fsp3) is 0.708. The van der Waals surface area contributed by atoms with Gasteiger partial charge >= 0.3 is 0 Å². The van der Waals surface area contributed by atoms with Gasteiger partial charge in [-0.15, -0.1) is 0 Å². The molecule has 1 aromatic rings. The monoisotopic (exact) mass is 444 g/mol. The van der Waals surface area contributed by atoms with Gasteiger partial charge in [-0.05, 0) is 18.6 Å². The zero-order valence-electron chi connectivity index (χ0n) is 18.8. The Bertz CT molecular complexity index is 532. The second kappa shape index (κ2) is 17.0. The molecule has 0 aliphatic carbocycles. The first-order chi connectivity index (χ1) is 13.4. The summed E-state index contributed by atoms with van der Waals surface area (Å²) in [5.41, 5.74) is 1.30. The average Bonchev–Trinajstić information content (AvgIpc) is 2.65. The number of carbonyl (C=O) groups is 1. The molecule has 29 heavy (non-hydrogen) atoms. The van der Waals surface area contributed by atoms with Crippen molar-refractivity contribution >= 4 is 17.5 Å². The SMILES string of the molecule is CCCCCCCCCCCC(=O)NCCC[N+](C)(C)Cc1ccc(Cl)cc1.[Cl-]. The number of nitrogens with one attached hydrogen (secondary N) is 1. The summed E-state index contributed by atoms with van der Waals surface area (Å²) in [5.74, 6) is 0.214. The third-order valence-corrected chi connectivity index (χ3v) is 5.55. The molecule has 5 heteroatoms. The van der Waals surface area contributed by atoms with Gasteiger partial charge in [-0.3, -0.25) is 4.79 Å². The molecule has 0 bridgehead atoms. The molecular formula is C24H42Cl2N2O. The number of hydrogen-bond acceptors (Lipinski definition) is 1. The van der Waals surface area contributed by atoms with Crippen LogP contribution in [-0.2, 0) is 11.3 Å². The summed E-state index contributed by atoms with van der Waals surface area (Å²) in [6, 6.07) is 8.08. The second-order valence-corrected chi connectivity index (χ2v) is 9.16. The molecule has 0 saturated heterocycles. The largest absolute Gasteiger partial charge is 1.00 e. The lowest BCUT2D eigenvalue weighted by atomic mass is 10.1. The van der Waals surface area contributed by atoms with Crippen molar-refractivity contribution in [3.63, 3.8) is 0 Å². The maximum atomic E-state index is 12.0. The van der Waals surface area contributed by atoms with E-state index < -0.39 is 0 Å². The van der Waals surface area contributed by atoms with Crippen LogP contribution in [0.15, 0.2) is 24.3 Å². The number of amides is 1. The van der Waals surface area contributed by atoms with Crippen LogP contribution in [0.25, 0.3) is 0 Å². The molecule has 0 unspecified atom stereocenters. The molecule has 1 aromatic carbocycles. The maximum absolute atomic E-state index is 12.0. The van der Waals surface area contributed by atoms with Crippen molar-refractivity contribution in [2.75, 3.05) is 27.2 Å². The minimum absolute atomic E-state index is 0. The van der Waals surface area contributed by atoms with E-state index in [1.165, 1.54) is 56.9 Å². The van der Waals surface area contributed by atoms with E-state index in [0.29, 0.717) is 6.42 Å². The lowest BCUT2D eigenvalue weighted by Gasteiger charge is -2.30. The molecule has 0 fully saturated rings. The van der Waals surface area contributed by atoms with Crippen molar-refractivity contribution in [1.29, 1.82) is 0 Å². The number of unbranched alkanes of at least 4 members (excludes halogenated alkanes) is 8. The zero-order valence-corrected chi connectivity index (χ0v) is 20.3. The molecule has 168 valence electrons. The normalized spacial score (nSPS) is 11.2. The van der Waals surface area contributed by atoms with E-state index in [9.17, 15) is 4.79 Å². The summed E-state index contributed by atoms with van der Waals surface area (Å²) in [4.78, 5) is 12.0. The zero-order chi connectivity index (χ0) is 20.7. The molecule has 0 aromatic heterocycles. The van der Waals surface area contributed by atoms with Crippen LogP contribution < -0.4 is 17.7 Å². The Morgan fingerprint density at radius 3 is 2.03 bits per heavy atom. The van der Waals surface area contributed by atoms with Crippen LogP contribution in [0.4, 0.5) is 0 Å². The van der Waals surface area contributed by atoms with E-state index in [0.717, 1.165) is 42.0 Å². The Morgan fingerprint density at radius 1 is 0.897 bits per heavy atom. The fourth-order valence-electron chi connectivity index (χ4n) is 3.58. The van der Waals surface area contributed by atoms with Crippen molar-refractivity contribution in [3.05, 3.63) is 34.9 Å². The van der Waals surface area contributed by atoms with Gasteiger partial charge in [-0.2, -0.15) is 0 Å². The van der Waals surface area contributed by atoms with E-state index in [2.05, 4.69) is 38.5 Å². The molecule has 0 heterocycles. The molecule has 1 rings (SSSR count). The number of halogens is 2. The van der Waals surface area contributed by atoms with Crippen molar-refractivity contribution in [2.24, 2.45) is 0 Å². The van der Waals surface area contributed by atoms with Crippen molar-refractivity contribution < 1.29 is 21.7 Å². The first-order valence-electron chi connectivity index (χ1n) is 11.3. The lowest BCUT2D eigenvalue weighted by Crippen LogP contribution is -3.00. The number of benzene rings is 1. The molecule has 1 amide bonds. The highest BCUT2D eigenvalue weighted by Crippen LogP contribution is 2.14. The first-order valence-corrected chi connectivity index (χ1v) is 11.6. The summed E-state index contributed by atoms with van der Waals surface area (Å²) >= 11 is 5.95. The maximum Gasteiger partial charge on any atom is 0.219 e. The van der Waals surface area contributed by atoms with Crippen LogP contribution >= 0.6 is 11.6 Å². The van der Waals surface area contributed by atoms with E-state index in [4.69, 9.17) is 11.6 Å². The Morgan fingerprint density at radius 2 is 1.45 bits per heavy atom. The summed E-state index contributed by atoms with van der Waals surface area (Å²) in [6.07, 6.45) is 13.3. The van der Waals surface area contributed by atoms with E-state index in [1.54, 1.807) is 0 Å². The first kappa shape index (κ1) is 28.2. The van der Waals surface area contributed by atoms with Crippen LogP contribution in [0.1, 0.15) is 83.1 Å². The van der Waals surface area contributed by atoms with Crippen LogP contribution in [-0.4, -0.2) is 37.6 Å². The average molecular weight is 446 g/mol. The third-order valence-electron chi connectivity index (χ3n) is 5.29. The Kier molecular flexibility index (Phi) is 16.5. The molecule has 1 N–H and O–H groups in total. The standard InChI is InChI=1S/C24H41ClN2O.ClH/c1-4-5-6-7-8-9-10-11-12-14-24(28)26-19-13-20-27(2,3)21-22-15-17-23(25)18-16-22;/h15-18H,4-14,19-21H2,1-3H3;1H. The summed E-state index contributed by atoms with van der Waals surface area (Å²) in [6.45, 7) is 5.05. The smallest absolute Gasteiger partial charge is 0.219 e. The van der Waals surface area contributed by atoms with Crippen molar-refractivity contribution in [2.45, 2.75) is 84.1 Å². The Balaban J connectivity index is 0.00000784. The molecule has 3 nitrogen and oxygen atoms in total. The molecule has 0 saturated carbocycles. The van der Waals surface area contributed by atoms with E-state index in [-0.39, 0.29) is 18.3 Å². The summed E-state index contributed by atoms with van der Waals surface area (Å²) < 4.78 is 0.912. The molecule has 0 spiro atoms. The molecule has 0 aliphatic heterocycles.